The van der Waals surface area contributed by atoms with E-state index in [0.717, 1.165) is 16.8 Å². The van der Waals surface area contributed by atoms with Crippen molar-refractivity contribution in [1.29, 1.82) is 0 Å². The molecule has 0 aliphatic carbocycles. The zero-order valence-electron chi connectivity index (χ0n) is 26.4. The van der Waals surface area contributed by atoms with Crippen molar-refractivity contribution in [1.82, 2.24) is 4.90 Å². The van der Waals surface area contributed by atoms with Crippen LogP contribution in [0.1, 0.15) is 33.1 Å². The molecule has 0 spiro atoms. The molecule has 1 N–H and O–H groups in total. The van der Waals surface area contributed by atoms with E-state index in [1.165, 1.54) is 24.0 Å². The summed E-state index contributed by atoms with van der Waals surface area (Å²) in [5, 5.41) is 2.98. The summed E-state index contributed by atoms with van der Waals surface area (Å²) in [4.78, 5) is 59.1. The fourth-order valence-corrected chi connectivity index (χ4v) is 5.48. The molecule has 1 heterocycles. The minimum absolute atomic E-state index is 0.0507. The maximum atomic E-state index is 14.4. The van der Waals surface area contributed by atoms with E-state index in [1.807, 2.05) is 62.3 Å². The third-order valence-electron chi connectivity index (χ3n) is 8.03. The topological polar surface area (TPSA) is 108 Å². The first-order valence-corrected chi connectivity index (χ1v) is 14.7. The van der Waals surface area contributed by atoms with Crippen LogP contribution in [-0.2, 0) is 20.9 Å². The molecule has 1 atom stereocenters. The molecule has 3 amide bonds. The molecule has 0 aromatic heterocycles. The molecule has 46 heavy (non-hydrogen) atoms. The Morgan fingerprint density at radius 1 is 0.848 bits per heavy atom. The minimum atomic E-state index is -1.16. The van der Waals surface area contributed by atoms with Gasteiger partial charge in [-0.15, -0.1) is 0 Å². The van der Waals surface area contributed by atoms with E-state index in [2.05, 4.69) is 5.32 Å². The van der Waals surface area contributed by atoms with Crippen molar-refractivity contribution < 1.29 is 28.7 Å². The standard InChI is InChI=1S/C36H36N4O6/c1-23-10-6-7-11-25(23)21-40(32(41)22-39-29-13-9-8-12-28(29)34(42)36(39)44)33(24-14-19-30(45-4)31(20-24)46-5)35(43)37-26-15-17-27(18-16-26)38(2)3/h6-20,33H,21-22H2,1-5H3,(H,37,43)/t33-/m1/s1. The molecule has 4 aromatic carbocycles. The third kappa shape index (κ3) is 6.41. The molecule has 0 bridgehead atoms. The lowest BCUT2D eigenvalue weighted by Crippen LogP contribution is -2.46. The maximum Gasteiger partial charge on any atom is 0.299 e. The fraction of sp³-hybridized carbons (Fsp3) is 0.222. The van der Waals surface area contributed by atoms with Crippen LogP contribution in [0.3, 0.4) is 0 Å². The van der Waals surface area contributed by atoms with Crippen molar-refractivity contribution in [3.63, 3.8) is 0 Å². The summed E-state index contributed by atoms with van der Waals surface area (Å²) in [5.41, 5.74) is 4.29. The van der Waals surface area contributed by atoms with Crippen molar-refractivity contribution in [2.75, 3.05) is 50.0 Å². The van der Waals surface area contributed by atoms with E-state index in [-0.39, 0.29) is 12.1 Å². The van der Waals surface area contributed by atoms with Crippen LogP contribution in [0.5, 0.6) is 11.5 Å². The monoisotopic (exact) mass is 620 g/mol. The largest absolute Gasteiger partial charge is 0.493 e. The number of ether oxygens (including phenoxy) is 2. The molecule has 1 aliphatic heterocycles. The van der Waals surface area contributed by atoms with E-state index in [9.17, 15) is 19.2 Å². The Balaban J connectivity index is 1.59. The maximum absolute atomic E-state index is 14.4. The van der Waals surface area contributed by atoms with Crippen molar-refractivity contribution in [2.45, 2.75) is 19.5 Å². The van der Waals surface area contributed by atoms with E-state index in [4.69, 9.17) is 9.47 Å². The summed E-state index contributed by atoms with van der Waals surface area (Å²) >= 11 is 0. The average molecular weight is 621 g/mol. The number of fused-ring (bicyclic) bond motifs is 1. The van der Waals surface area contributed by atoms with Gasteiger partial charge in [-0.2, -0.15) is 0 Å². The van der Waals surface area contributed by atoms with Gasteiger partial charge in [0.15, 0.2) is 11.5 Å². The van der Waals surface area contributed by atoms with Crippen LogP contribution in [0, 0.1) is 6.92 Å². The molecule has 0 fully saturated rings. The van der Waals surface area contributed by atoms with Crippen molar-refractivity contribution in [2.24, 2.45) is 0 Å². The van der Waals surface area contributed by atoms with Gasteiger partial charge in [-0.3, -0.25) is 24.1 Å². The van der Waals surface area contributed by atoms with Gasteiger partial charge in [0, 0.05) is 32.0 Å². The van der Waals surface area contributed by atoms with Crippen molar-refractivity contribution >= 4 is 40.6 Å². The zero-order chi connectivity index (χ0) is 33.0. The van der Waals surface area contributed by atoms with Crippen LogP contribution in [0.25, 0.3) is 0 Å². The predicted octanol–water partition coefficient (Wildman–Crippen LogP) is 5.02. The Labute approximate surface area is 268 Å². The lowest BCUT2D eigenvalue weighted by Gasteiger charge is -2.33. The Bertz CT molecular complexity index is 1790. The summed E-state index contributed by atoms with van der Waals surface area (Å²) in [6, 6.07) is 25.4. The number of carbonyl (C=O) groups excluding carboxylic acids is 4. The predicted molar refractivity (Wildman–Crippen MR) is 177 cm³/mol. The number of nitrogens with one attached hydrogen (secondary N) is 1. The van der Waals surface area contributed by atoms with Crippen LogP contribution >= 0.6 is 0 Å². The second kappa shape index (κ2) is 13.6. The average Bonchev–Trinajstić information content (AvgIpc) is 3.30. The highest BCUT2D eigenvalue weighted by atomic mass is 16.5. The van der Waals surface area contributed by atoms with Crippen LogP contribution in [0.4, 0.5) is 17.1 Å². The number of para-hydroxylation sites is 1. The third-order valence-corrected chi connectivity index (χ3v) is 8.03. The fourth-order valence-electron chi connectivity index (χ4n) is 5.48. The van der Waals surface area contributed by atoms with Gasteiger partial charge >= 0.3 is 0 Å². The smallest absolute Gasteiger partial charge is 0.299 e. The number of aryl methyl sites for hydroxylation is 1. The van der Waals surface area contributed by atoms with Gasteiger partial charge in [-0.1, -0.05) is 42.5 Å². The highest BCUT2D eigenvalue weighted by Crippen LogP contribution is 2.35. The molecule has 0 saturated heterocycles. The molecule has 236 valence electrons. The number of anilines is 3. The first-order chi connectivity index (χ1) is 22.1. The number of rotatable bonds is 11. The van der Waals surface area contributed by atoms with Gasteiger partial charge in [0.1, 0.15) is 12.6 Å². The van der Waals surface area contributed by atoms with Gasteiger partial charge in [-0.05, 0) is 72.1 Å². The van der Waals surface area contributed by atoms with E-state index in [1.54, 1.807) is 54.6 Å². The van der Waals surface area contributed by atoms with Crippen LogP contribution < -0.4 is 24.6 Å². The number of methoxy groups -OCH3 is 2. The number of Topliss-reactive ketones (excluding diaryl/α,β-unsaturated/α-hetero) is 1. The molecule has 0 radical (unpaired) electrons. The van der Waals surface area contributed by atoms with E-state index in [0.29, 0.717) is 28.4 Å². The Morgan fingerprint density at radius 2 is 1.52 bits per heavy atom. The zero-order valence-corrected chi connectivity index (χ0v) is 26.4. The summed E-state index contributed by atoms with van der Waals surface area (Å²) in [6.07, 6.45) is 0. The van der Waals surface area contributed by atoms with Crippen molar-refractivity contribution in [3.05, 3.63) is 113 Å². The van der Waals surface area contributed by atoms with E-state index < -0.39 is 36.1 Å². The molecule has 0 saturated carbocycles. The van der Waals surface area contributed by atoms with Gasteiger partial charge < -0.3 is 24.6 Å². The lowest BCUT2D eigenvalue weighted by atomic mass is 10.0. The minimum Gasteiger partial charge on any atom is -0.493 e. The molecular weight excluding hydrogens is 584 g/mol. The second-order valence-corrected chi connectivity index (χ2v) is 11.1. The lowest BCUT2D eigenvalue weighted by molar-refractivity contribution is -0.139. The van der Waals surface area contributed by atoms with E-state index >= 15 is 0 Å². The normalized spacial score (nSPS) is 12.8. The Hall–Kier alpha value is -5.64. The number of hydrogen-bond donors (Lipinski definition) is 1. The van der Waals surface area contributed by atoms with Crippen LogP contribution in [0.2, 0.25) is 0 Å². The second-order valence-electron chi connectivity index (χ2n) is 11.1. The number of carbonyl (C=O) groups is 4. The highest BCUT2D eigenvalue weighted by Gasteiger charge is 2.39. The summed E-state index contributed by atoms with van der Waals surface area (Å²) < 4.78 is 11.0. The molecule has 5 rings (SSSR count). The number of hydrogen-bond acceptors (Lipinski definition) is 7. The first kappa shape index (κ1) is 31.8. The molecule has 10 heteroatoms. The quantitative estimate of drug-likeness (QED) is 0.235. The molecule has 10 nitrogen and oxygen atoms in total. The Kier molecular flexibility index (Phi) is 9.37. The van der Waals surface area contributed by atoms with Gasteiger partial charge in [-0.25, -0.2) is 0 Å². The molecule has 1 aliphatic rings. The molecule has 0 unspecified atom stereocenters. The van der Waals surface area contributed by atoms with Gasteiger partial charge in [0.25, 0.3) is 17.6 Å². The van der Waals surface area contributed by atoms with Gasteiger partial charge in [0.05, 0.1) is 25.5 Å². The Morgan fingerprint density at radius 3 is 2.20 bits per heavy atom. The van der Waals surface area contributed by atoms with Crippen molar-refractivity contribution in [3.8, 4) is 11.5 Å². The number of ketones is 1. The van der Waals surface area contributed by atoms with Crippen LogP contribution in [0.15, 0.2) is 91.0 Å². The SMILES string of the molecule is COc1ccc([C@H](C(=O)Nc2ccc(N(C)C)cc2)N(Cc2ccccc2C)C(=O)CN2C(=O)C(=O)c3ccccc32)cc1OC. The molecule has 4 aromatic rings. The van der Waals surface area contributed by atoms with Crippen LogP contribution in [-0.4, -0.2) is 63.3 Å². The summed E-state index contributed by atoms with van der Waals surface area (Å²) in [6.45, 7) is 1.53. The number of nitrogens with zero attached hydrogens (tertiary/aromatic N) is 3. The first-order valence-electron chi connectivity index (χ1n) is 14.7. The summed E-state index contributed by atoms with van der Waals surface area (Å²) in [5.74, 6) is -1.64. The van der Waals surface area contributed by atoms with Gasteiger partial charge in [0.2, 0.25) is 5.91 Å². The number of amides is 3. The number of benzene rings is 4. The molecular formula is C36H36N4O6. The highest BCUT2D eigenvalue weighted by molar-refractivity contribution is 6.52. The summed E-state index contributed by atoms with van der Waals surface area (Å²) in [7, 11) is 6.85.